The fourth-order valence-corrected chi connectivity index (χ4v) is 3.00. The number of likely N-dealkylation sites (tertiary alicyclic amines) is 1. The molecule has 2 N–H and O–H groups in total. The predicted octanol–water partition coefficient (Wildman–Crippen LogP) is 2.93. The van der Waals surface area contributed by atoms with Crippen LogP contribution in [0.15, 0.2) is 23.0 Å². The molecule has 3 nitrogen and oxygen atoms in total. The van der Waals surface area contributed by atoms with Crippen LogP contribution in [0.3, 0.4) is 0 Å². The van der Waals surface area contributed by atoms with Crippen LogP contribution in [0.4, 0.5) is 0 Å². The van der Waals surface area contributed by atoms with E-state index in [-0.39, 0.29) is 0 Å². The summed E-state index contributed by atoms with van der Waals surface area (Å²) in [7, 11) is 0. The van der Waals surface area contributed by atoms with Gasteiger partial charge in [0.15, 0.2) is 0 Å². The zero-order chi connectivity index (χ0) is 12.1. The molecule has 1 saturated heterocycles. The standard InChI is InChI=1S/C14H24N2O/c1-2-5-13-6-3-4-8-16(13)14(10-15)12-7-9-17-11-12/h7,9,11,13-14H,2-6,8,10,15H2,1H3. The van der Waals surface area contributed by atoms with Gasteiger partial charge in [0.05, 0.1) is 18.6 Å². The molecule has 0 bridgehead atoms. The largest absolute Gasteiger partial charge is 0.472 e. The van der Waals surface area contributed by atoms with E-state index in [9.17, 15) is 0 Å². The highest BCUT2D eigenvalue weighted by Gasteiger charge is 2.28. The lowest BCUT2D eigenvalue weighted by Crippen LogP contribution is -2.44. The summed E-state index contributed by atoms with van der Waals surface area (Å²) in [5, 5.41) is 0. The van der Waals surface area contributed by atoms with E-state index < -0.39 is 0 Å². The number of furan rings is 1. The van der Waals surface area contributed by atoms with E-state index in [0.717, 1.165) is 0 Å². The van der Waals surface area contributed by atoms with Gasteiger partial charge in [-0.3, -0.25) is 4.90 Å². The molecule has 17 heavy (non-hydrogen) atoms. The monoisotopic (exact) mass is 236 g/mol. The number of piperidine rings is 1. The lowest BCUT2D eigenvalue weighted by Gasteiger charge is -2.40. The molecule has 1 aromatic rings. The van der Waals surface area contributed by atoms with Gasteiger partial charge in [0.1, 0.15) is 0 Å². The van der Waals surface area contributed by atoms with Gasteiger partial charge in [0.2, 0.25) is 0 Å². The minimum Gasteiger partial charge on any atom is -0.472 e. The Balaban J connectivity index is 2.10. The van der Waals surface area contributed by atoms with Crippen molar-refractivity contribution in [1.29, 1.82) is 0 Å². The van der Waals surface area contributed by atoms with E-state index >= 15 is 0 Å². The van der Waals surface area contributed by atoms with Crippen molar-refractivity contribution >= 4 is 0 Å². The summed E-state index contributed by atoms with van der Waals surface area (Å²) in [6, 6.07) is 3.09. The first-order chi connectivity index (χ1) is 8.36. The van der Waals surface area contributed by atoms with E-state index in [2.05, 4.69) is 17.9 Å². The summed E-state index contributed by atoms with van der Waals surface area (Å²) < 4.78 is 5.20. The van der Waals surface area contributed by atoms with Crippen LogP contribution >= 0.6 is 0 Å². The van der Waals surface area contributed by atoms with Crippen molar-refractivity contribution in [1.82, 2.24) is 4.90 Å². The van der Waals surface area contributed by atoms with Gasteiger partial charge in [-0.15, -0.1) is 0 Å². The normalized spacial score (nSPS) is 23.8. The Morgan fingerprint density at radius 1 is 1.53 bits per heavy atom. The molecular weight excluding hydrogens is 212 g/mol. The summed E-state index contributed by atoms with van der Waals surface area (Å²) in [5.74, 6) is 0. The molecule has 0 aliphatic carbocycles. The van der Waals surface area contributed by atoms with Crippen LogP contribution in [0.25, 0.3) is 0 Å². The summed E-state index contributed by atoms with van der Waals surface area (Å²) >= 11 is 0. The molecule has 1 aliphatic rings. The van der Waals surface area contributed by atoms with Gasteiger partial charge in [0.25, 0.3) is 0 Å². The second-order valence-corrected chi connectivity index (χ2v) is 4.98. The molecular formula is C14H24N2O. The van der Waals surface area contributed by atoms with E-state index in [0.29, 0.717) is 18.6 Å². The SMILES string of the molecule is CCCC1CCCCN1C(CN)c1ccoc1. The van der Waals surface area contributed by atoms with Crippen molar-refractivity contribution in [3.8, 4) is 0 Å². The van der Waals surface area contributed by atoms with Crippen LogP contribution < -0.4 is 5.73 Å². The van der Waals surface area contributed by atoms with Crippen molar-refractivity contribution in [2.75, 3.05) is 13.1 Å². The Labute approximate surface area is 104 Å². The molecule has 2 atom stereocenters. The average molecular weight is 236 g/mol. The predicted molar refractivity (Wildman–Crippen MR) is 69.8 cm³/mol. The van der Waals surface area contributed by atoms with Crippen molar-refractivity contribution < 1.29 is 4.42 Å². The topological polar surface area (TPSA) is 42.4 Å². The molecule has 0 radical (unpaired) electrons. The van der Waals surface area contributed by atoms with Gasteiger partial charge in [0, 0.05) is 18.2 Å². The van der Waals surface area contributed by atoms with Gasteiger partial charge < -0.3 is 10.2 Å². The maximum absolute atomic E-state index is 5.97. The smallest absolute Gasteiger partial charge is 0.0950 e. The molecule has 2 unspecified atom stereocenters. The quantitative estimate of drug-likeness (QED) is 0.854. The molecule has 1 fully saturated rings. The number of nitrogens with two attached hydrogens (primary N) is 1. The van der Waals surface area contributed by atoms with E-state index in [4.69, 9.17) is 10.2 Å². The highest BCUT2D eigenvalue weighted by Crippen LogP contribution is 2.30. The lowest BCUT2D eigenvalue weighted by atomic mass is 9.94. The third-order valence-electron chi connectivity index (χ3n) is 3.85. The number of hydrogen-bond acceptors (Lipinski definition) is 3. The van der Waals surface area contributed by atoms with E-state index in [1.165, 1.54) is 44.2 Å². The van der Waals surface area contributed by atoms with Crippen molar-refractivity contribution in [2.24, 2.45) is 5.73 Å². The van der Waals surface area contributed by atoms with Crippen LogP contribution in [-0.4, -0.2) is 24.0 Å². The molecule has 0 amide bonds. The Hall–Kier alpha value is -0.800. The summed E-state index contributed by atoms with van der Waals surface area (Å²) in [4.78, 5) is 2.60. The number of rotatable bonds is 5. The van der Waals surface area contributed by atoms with Crippen molar-refractivity contribution in [3.63, 3.8) is 0 Å². The minimum absolute atomic E-state index is 0.339. The number of hydrogen-bond donors (Lipinski definition) is 1. The Bertz CT molecular complexity index is 308. The summed E-state index contributed by atoms with van der Waals surface area (Å²) in [6.45, 7) is 4.12. The lowest BCUT2D eigenvalue weighted by molar-refractivity contribution is 0.0909. The molecule has 0 saturated carbocycles. The van der Waals surface area contributed by atoms with Crippen LogP contribution in [-0.2, 0) is 0 Å². The Kier molecular flexibility index (Phi) is 4.63. The fourth-order valence-electron chi connectivity index (χ4n) is 3.00. The fraction of sp³-hybridized carbons (Fsp3) is 0.714. The third kappa shape index (κ3) is 2.90. The zero-order valence-corrected chi connectivity index (χ0v) is 10.8. The number of nitrogens with zero attached hydrogens (tertiary/aromatic N) is 1. The van der Waals surface area contributed by atoms with E-state index in [1.54, 1.807) is 6.26 Å². The first kappa shape index (κ1) is 12.7. The highest BCUT2D eigenvalue weighted by atomic mass is 16.3. The second kappa shape index (κ2) is 6.22. The molecule has 0 spiro atoms. The summed E-state index contributed by atoms with van der Waals surface area (Å²) in [6.07, 6.45) is 10.1. The molecule has 1 aromatic heterocycles. The average Bonchev–Trinajstić information content (AvgIpc) is 2.86. The van der Waals surface area contributed by atoms with Gasteiger partial charge in [-0.25, -0.2) is 0 Å². The molecule has 0 aromatic carbocycles. The second-order valence-electron chi connectivity index (χ2n) is 4.98. The first-order valence-electron chi connectivity index (χ1n) is 6.84. The Morgan fingerprint density at radius 2 is 2.41 bits per heavy atom. The minimum atomic E-state index is 0.339. The van der Waals surface area contributed by atoms with Crippen LogP contribution in [0.2, 0.25) is 0 Å². The third-order valence-corrected chi connectivity index (χ3v) is 3.85. The molecule has 2 heterocycles. The maximum atomic E-state index is 5.97. The van der Waals surface area contributed by atoms with E-state index in [1.807, 2.05) is 6.26 Å². The molecule has 1 aliphatic heterocycles. The molecule has 96 valence electrons. The maximum Gasteiger partial charge on any atom is 0.0950 e. The van der Waals surface area contributed by atoms with Gasteiger partial charge in [-0.1, -0.05) is 19.8 Å². The molecule has 3 heteroatoms. The van der Waals surface area contributed by atoms with Crippen LogP contribution in [0, 0.1) is 0 Å². The van der Waals surface area contributed by atoms with Gasteiger partial charge >= 0.3 is 0 Å². The van der Waals surface area contributed by atoms with Crippen molar-refractivity contribution in [3.05, 3.63) is 24.2 Å². The summed E-state index contributed by atoms with van der Waals surface area (Å²) in [5.41, 5.74) is 7.20. The van der Waals surface area contributed by atoms with Crippen molar-refractivity contribution in [2.45, 2.75) is 51.1 Å². The van der Waals surface area contributed by atoms with Crippen LogP contribution in [0.5, 0.6) is 0 Å². The highest BCUT2D eigenvalue weighted by molar-refractivity contribution is 5.13. The van der Waals surface area contributed by atoms with Gasteiger partial charge in [-0.05, 0) is 31.9 Å². The van der Waals surface area contributed by atoms with Gasteiger partial charge in [-0.2, -0.15) is 0 Å². The Morgan fingerprint density at radius 3 is 3.06 bits per heavy atom. The first-order valence-corrected chi connectivity index (χ1v) is 6.84. The van der Waals surface area contributed by atoms with Crippen LogP contribution in [0.1, 0.15) is 50.6 Å². The zero-order valence-electron chi connectivity index (χ0n) is 10.8. The molecule has 2 rings (SSSR count).